The van der Waals surface area contributed by atoms with Crippen LogP contribution in [0, 0.1) is 19.7 Å². The van der Waals surface area contributed by atoms with Crippen molar-refractivity contribution in [3.63, 3.8) is 0 Å². The Morgan fingerprint density at radius 2 is 1.89 bits per heavy atom. The van der Waals surface area contributed by atoms with Crippen molar-refractivity contribution in [2.24, 2.45) is 0 Å². The van der Waals surface area contributed by atoms with Crippen LogP contribution in [0.25, 0.3) is 5.69 Å². The van der Waals surface area contributed by atoms with E-state index in [4.69, 9.17) is 14.6 Å². The monoisotopic (exact) mass is 590 g/mol. The summed E-state index contributed by atoms with van der Waals surface area (Å²) in [5.74, 6) is -0.514. The number of halogens is 2. The highest BCUT2D eigenvalue weighted by atomic mass is 79.9. The number of aryl methyl sites for hydroxylation is 2. The number of aromatic nitrogens is 2. The van der Waals surface area contributed by atoms with E-state index in [1.807, 2.05) is 0 Å². The van der Waals surface area contributed by atoms with E-state index in [2.05, 4.69) is 31.5 Å². The van der Waals surface area contributed by atoms with E-state index in [1.54, 1.807) is 39.0 Å². The number of ether oxygens (including phenoxy) is 2. The summed E-state index contributed by atoms with van der Waals surface area (Å²) in [5.41, 5.74) is 2.13. The molecule has 202 valence electrons. The summed E-state index contributed by atoms with van der Waals surface area (Å²) in [7, 11) is 0. The molecule has 0 fully saturated rings. The van der Waals surface area contributed by atoms with Gasteiger partial charge in [0.2, 0.25) is 5.88 Å². The lowest BCUT2D eigenvalue weighted by Crippen LogP contribution is -2.28. The van der Waals surface area contributed by atoms with E-state index < -0.39 is 17.5 Å². The highest BCUT2D eigenvalue weighted by Gasteiger charge is 2.18. The van der Waals surface area contributed by atoms with Crippen molar-refractivity contribution < 1.29 is 28.6 Å². The third kappa shape index (κ3) is 6.95. The molecule has 0 saturated carbocycles. The van der Waals surface area contributed by atoms with Gasteiger partial charge in [0.15, 0.2) is 0 Å². The molecular formula is C26H28BrFN4O6. The van der Waals surface area contributed by atoms with Crippen molar-refractivity contribution >= 4 is 27.9 Å². The number of carbonyl (C=O) groups is 2. The Morgan fingerprint density at radius 1 is 1.13 bits per heavy atom. The first-order valence-corrected chi connectivity index (χ1v) is 12.6. The van der Waals surface area contributed by atoms with Gasteiger partial charge in [-0.3, -0.25) is 14.2 Å². The summed E-state index contributed by atoms with van der Waals surface area (Å²) in [6.07, 6.45) is -0.627. The minimum atomic E-state index is -0.627. The highest BCUT2D eigenvalue weighted by Crippen LogP contribution is 2.24. The summed E-state index contributed by atoms with van der Waals surface area (Å²) in [6, 6.07) is 8.99. The van der Waals surface area contributed by atoms with Crippen molar-refractivity contribution in [2.75, 3.05) is 19.8 Å². The molecule has 0 unspecified atom stereocenters. The standard InChI is InChI=1S/C26H28BrFN4O6/c1-4-37-26(36)30-13-19-11-20(28)8-7-18(19)14-38-24-22(27)25(35)32(16(3)31-24)21-12-17(6-5-15(21)2)23(34)29-9-10-33/h5-8,11-12,33H,4,9-10,13-14H2,1-3H3,(H,29,34)(H,30,36). The molecule has 0 aliphatic carbocycles. The number of aliphatic hydroxyl groups excluding tert-OH is 1. The summed E-state index contributed by atoms with van der Waals surface area (Å²) in [6.45, 7) is 5.20. The van der Waals surface area contributed by atoms with Crippen LogP contribution in [-0.2, 0) is 17.9 Å². The average molecular weight is 591 g/mol. The van der Waals surface area contributed by atoms with Gasteiger partial charge in [-0.05, 0) is 77.7 Å². The zero-order valence-corrected chi connectivity index (χ0v) is 22.7. The van der Waals surface area contributed by atoms with Crippen LogP contribution in [0.4, 0.5) is 9.18 Å². The molecular weight excluding hydrogens is 563 g/mol. The molecule has 3 rings (SSSR count). The van der Waals surface area contributed by atoms with E-state index in [-0.39, 0.29) is 49.2 Å². The van der Waals surface area contributed by atoms with E-state index in [9.17, 15) is 18.8 Å². The summed E-state index contributed by atoms with van der Waals surface area (Å²) < 4.78 is 25.9. The first-order chi connectivity index (χ1) is 18.2. The van der Waals surface area contributed by atoms with Gasteiger partial charge in [-0.2, -0.15) is 4.98 Å². The van der Waals surface area contributed by atoms with Gasteiger partial charge in [0, 0.05) is 18.7 Å². The number of hydrogen-bond acceptors (Lipinski definition) is 7. The zero-order valence-electron chi connectivity index (χ0n) is 21.1. The van der Waals surface area contributed by atoms with Gasteiger partial charge < -0.3 is 25.2 Å². The molecule has 1 aromatic heterocycles. The minimum Gasteiger partial charge on any atom is -0.472 e. The number of rotatable bonds is 10. The SMILES string of the molecule is CCOC(=O)NCc1cc(F)ccc1COc1nc(C)n(-c2cc(C(=O)NCCO)ccc2C)c(=O)c1Br. The number of hydrogen-bond donors (Lipinski definition) is 3. The molecule has 12 heteroatoms. The molecule has 0 atom stereocenters. The van der Waals surface area contributed by atoms with Gasteiger partial charge in [0.25, 0.3) is 11.5 Å². The number of aliphatic hydroxyl groups is 1. The summed E-state index contributed by atoms with van der Waals surface area (Å²) in [4.78, 5) is 41.8. The molecule has 2 amide bonds. The van der Waals surface area contributed by atoms with E-state index in [1.165, 1.54) is 22.8 Å². The third-order valence-corrected chi connectivity index (χ3v) is 6.18. The molecule has 0 aliphatic heterocycles. The van der Waals surface area contributed by atoms with Gasteiger partial charge >= 0.3 is 6.09 Å². The second kappa shape index (κ2) is 13.2. The number of carbonyl (C=O) groups excluding carboxylic acids is 2. The van der Waals surface area contributed by atoms with Crippen molar-refractivity contribution in [1.29, 1.82) is 0 Å². The maximum absolute atomic E-state index is 13.8. The number of nitrogens with one attached hydrogen (secondary N) is 2. The number of amides is 2. The Kier molecular flexibility index (Phi) is 9.97. The Bertz CT molecular complexity index is 1390. The van der Waals surface area contributed by atoms with Crippen LogP contribution in [0.1, 0.15) is 39.8 Å². The molecule has 0 saturated heterocycles. The van der Waals surface area contributed by atoms with Crippen molar-refractivity contribution in [1.82, 2.24) is 20.2 Å². The number of alkyl carbamates (subject to hydrolysis) is 1. The topological polar surface area (TPSA) is 132 Å². The normalized spacial score (nSPS) is 10.7. The predicted octanol–water partition coefficient (Wildman–Crippen LogP) is 3.30. The fourth-order valence-electron chi connectivity index (χ4n) is 3.62. The van der Waals surface area contributed by atoms with E-state index in [0.29, 0.717) is 28.2 Å². The molecule has 38 heavy (non-hydrogen) atoms. The number of benzene rings is 2. The molecule has 0 aliphatic rings. The zero-order chi connectivity index (χ0) is 27.8. The lowest BCUT2D eigenvalue weighted by atomic mass is 10.1. The van der Waals surface area contributed by atoms with Crippen molar-refractivity contribution in [3.8, 4) is 11.6 Å². The largest absolute Gasteiger partial charge is 0.472 e. The van der Waals surface area contributed by atoms with Crippen molar-refractivity contribution in [3.05, 3.63) is 85.1 Å². The maximum atomic E-state index is 13.8. The van der Waals surface area contributed by atoms with Gasteiger partial charge in [-0.25, -0.2) is 9.18 Å². The average Bonchev–Trinajstić information content (AvgIpc) is 2.89. The molecule has 0 bridgehead atoms. The van der Waals surface area contributed by atoms with Crippen LogP contribution in [0.15, 0.2) is 45.7 Å². The van der Waals surface area contributed by atoms with Gasteiger partial charge in [-0.15, -0.1) is 0 Å². The molecule has 3 N–H and O–H groups in total. The summed E-state index contributed by atoms with van der Waals surface area (Å²) >= 11 is 3.28. The third-order valence-electron chi connectivity index (χ3n) is 5.51. The summed E-state index contributed by atoms with van der Waals surface area (Å²) in [5, 5.41) is 14.1. The molecule has 0 radical (unpaired) electrons. The Hall–Kier alpha value is -3.77. The lowest BCUT2D eigenvalue weighted by Gasteiger charge is -2.17. The van der Waals surface area contributed by atoms with Crippen molar-refractivity contribution in [2.45, 2.75) is 33.9 Å². The number of nitrogens with zero attached hydrogens (tertiary/aromatic N) is 2. The van der Waals surface area contributed by atoms with E-state index in [0.717, 1.165) is 5.56 Å². The predicted molar refractivity (Wildman–Crippen MR) is 141 cm³/mol. The molecule has 3 aromatic rings. The fraction of sp³-hybridized carbons (Fsp3) is 0.308. The minimum absolute atomic E-state index is 0.0198. The van der Waals surface area contributed by atoms with Gasteiger partial charge in [0.1, 0.15) is 22.7 Å². The lowest BCUT2D eigenvalue weighted by molar-refractivity contribution is 0.0944. The molecule has 1 heterocycles. The highest BCUT2D eigenvalue weighted by molar-refractivity contribution is 9.10. The first kappa shape index (κ1) is 28.8. The van der Waals surface area contributed by atoms with Crippen LogP contribution in [0.5, 0.6) is 5.88 Å². The molecule has 2 aromatic carbocycles. The molecule has 0 spiro atoms. The Labute approximate surface area is 226 Å². The maximum Gasteiger partial charge on any atom is 0.407 e. The first-order valence-electron chi connectivity index (χ1n) is 11.8. The van der Waals surface area contributed by atoms with Crippen LogP contribution >= 0.6 is 15.9 Å². The quantitative estimate of drug-likeness (QED) is 0.330. The second-order valence-corrected chi connectivity index (χ2v) is 8.97. The van der Waals surface area contributed by atoms with Crippen LogP contribution in [-0.4, -0.2) is 46.4 Å². The van der Waals surface area contributed by atoms with E-state index >= 15 is 0 Å². The van der Waals surface area contributed by atoms with Crippen LogP contribution in [0.3, 0.4) is 0 Å². The van der Waals surface area contributed by atoms with Gasteiger partial charge in [-0.1, -0.05) is 12.1 Å². The van der Waals surface area contributed by atoms with Gasteiger partial charge in [0.05, 0.1) is 18.9 Å². The molecule has 10 nitrogen and oxygen atoms in total. The smallest absolute Gasteiger partial charge is 0.407 e. The second-order valence-electron chi connectivity index (χ2n) is 8.18. The Morgan fingerprint density at radius 3 is 2.61 bits per heavy atom. The Balaban J connectivity index is 1.88. The van der Waals surface area contributed by atoms with Crippen LogP contribution < -0.4 is 20.9 Å². The fourth-order valence-corrected chi connectivity index (χ4v) is 4.00. The van der Waals surface area contributed by atoms with Crippen LogP contribution in [0.2, 0.25) is 0 Å².